The van der Waals surface area contributed by atoms with Gasteiger partial charge in [-0.1, -0.05) is 12.1 Å². The molecule has 7 heteroatoms. The van der Waals surface area contributed by atoms with E-state index in [4.69, 9.17) is 5.26 Å². The topological polar surface area (TPSA) is 91.5 Å². The first-order chi connectivity index (χ1) is 9.58. The molecule has 0 saturated carbocycles. The minimum Gasteiger partial charge on any atom is -0.450 e. The molecule has 1 aromatic rings. The molecule has 0 fully saturated rings. The van der Waals surface area contributed by atoms with E-state index in [2.05, 4.69) is 25.7 Å². The number of benzene rings is 1. The Hall–Kier alpha value is -2.20. The second-order valence-corrected chi connectivity index (χ2v) is 4.40. The molecule has 0 aliphatic heterocycles. The number of nitrogens with one attached hydrogen (secondary N) is 1. The van der Waals surface area contributed by atoms with Crippen LogP contribution in [0.3, 0.4) is 0 Å². The van der Waals surface area contributed by atoms with Gasteiger partial charge in [-0.25, -0.2) is 4.79 Å². The van der Waals surface area contributed by atoms with E-state index in [-0.39, 0.29) is 6.61 Å². The number of carbonyl (C=O) groups is 2. The van der Waals surface area contributed by atoms with Crippen molar-refractivity contribution in [2.45, 2.75) is 6.92 Å². The fourth-order valence-corrected chi connectivity index (χ4v) is 1.60. The molecule has 0 aliphatic rings. The number of hydrogen-bond donors (Lipinski definition) is 1. The molecule has 6 nitrogen and oxygen atoms in total. The van der Waals surface area contributed by atoms with Crippen molar-refractivity contribution in [3.8, 4) is 6.07 Å². The zero-order valence-electron chi connectivity index (χ0n) is 10.7. The second-order valence-electron chi connectivity index (χ2n) is 3.55. The molecule has 104 valence electrons. The molecule has 1 unspecified atom stereocenters. The van der Waals surface area contributed by atoms with Gasteiger partial charge in [-0.05, 0) is 35.0 Å². The van der Waals surface area contributed by atoms with Crippen molar-refractivity contribution >= 4 is 39.8 Å². The number of carbonyl (C=O) groups excluding carboxylic acids is 2. The van der Waals surface area contributed by atoms with Crippen LogP contribution in [0.1, 0.15) is 6.92 Å². The highest BCUT2D eigenvalue weighted by atomic mass is 79.9. The summed E-state index contributed by atoms with van der Waals surface area (Å²) in [6.45, 7) is 1.75. The third kappa shape index (κ3) is 4.82. The first kappa shape index (κ1) is 15.9. The smallest absolute Gasteiger partial charge is 0.413 e. The number of nitrogens with zero attached hydrogens (tertiary/aromatic N) is 2. The van der Waals surface area contributed by atoms with E-state index in [1.54, 1.807) is 31.2 Å². The van der Waals surface area contributed by atoms with Gasteiger partial charge in [0, 0.05) is 10.7 Å². The summed E-state index contributed by atoms with van der Waals surface area (Å²) in [4.78, 5) is 26.8. The first-order valence-corrected chi connectivity index (χ1v) is 6.53. The first-order valence-electron chi connectivity index (χ1n) is 5.74. The molecule has 1 aromatic carbocycles. The van der Waals surface area contributed by atoms with Crippen LogP contribution in [0.25, 0.3) is 0 Å². The van der Waals surface area contributed by atoms with Gasteiger partial charge in [-0.15, -0.1) is 0 Å². The number of alkyl carbamates (subject to hydrolysis) is 1. The third-order valence-electron chi connectivity index (χ3n) is 2.14. The monoisotopic (exact) mass is 337 g/mol. The molecule has 0 aromatic heterocycles. The number of ether oxygens (including phenoxy) is 1. The number of para-hydroxylation sites is 1. The van der Waals surface area contributed by atoms with Gasteiger partial charge in [0.1, 0.15) is 0 Å². The Labute approximate surface area is 124 Å². The molecule has 0 aliphatic carbocycles. The lowest BCUT2D eigenvalue weighted by Crippen LogP contribution is -2.36. The number of hydrogen-bond acceptors (Lipinski definition) is 5. The Morgan fingerprint density at radius 2 is 2.25 bits per heavy atom. The van der Waals surface area contributed by atoms with Gasteiger partial charge in [0.15, 0.2) is 5.92 Å². The fourth-order valence-electron chi connectivity index (χ4n) is 1.22. The van der Waals surface area contributed by atoms with Crippen LogP contribution in [0, 0.1) is 17.2 Å². The SMILES string of the molecule is CCOC(=O)NC(=O)C(C#N)C=Nc1ccccc1Br. The number of amides is 2. The van der Waals surface area contributed by atoms with E-state index < -0.39 is 17.9 Å². The predicted molar refractivity (Wildman–Crippen MR) is 76.6 cm³/mol. The van der Waals surface area contributed by atoms with E-state index in [0.29, 0.717) is 5.69 Å². The molecule has 0 saturated heterocycles. The minimum absolute atomic E-state index is 0.140. The molecular weight excluding hydrogens is 326 g/mol. The number of aliphatic imine (C=N–C) groups is 1. The van der Waals surface area contributed by atoms with Crippen molar-refractivity contribution in [2.75, 3.05) is 6.61 Å². The zero-order chi connectivity index (χ0) is 15.0. The van der Waals surface area contributed by atoms with Crippen molar-refractivity contribution in [1.29, 1.82) is 5.26 Å². The Bertz CT molecular complexity index is 566. The van der Waals surface area contributed by atoms with Crippen molar-refractivity contribution in [3.63, 3.8) is 0 Å². The molecular formula is C13H12BrN3O3. The van der Waals surface area contributed by atoms with Crippen LogP contribution in [-0.4, -0.2) is 24.8 Å². The van der Waals surface area contributed by atoms with E-state index in [1.165, 1.54) is 6.21 Å². The highest BCUT2D eigenvalue weighted by Gasteiger charge is 2.18. The van der Waals surface area contributed by atoms with E-state index in [0.717, 1.165) is 4.47 Å². The highest BCUT2D eigenvalue weighted by Crippen LogP contribution is 2.24. The van der Waals surface area contributed by atoms with Gasteiger partial charge >= 0.3 is 6.09 Å². The van der Waals surface area contributed by atoms with Crippen molar-refractivity contribution in [2.24, 2.45) is 10.9 Å². The zero-order valence-corrected chi connectivity index (χ0v) is 12.3. The number of imide groups is 1. The van der Waals surface area contributed by atoms with Crippen LogP contribution >= 0.6 is 15.9 Å². The van der Waals surface area contributed by atoms with E-state index >= 15 is 0 Å². The molecule has 0 spiro atoms. The van der Waals surface area contributed by atoms with Crippen molar-refractivity contribution in [1.82, 2.24) is 5.32 Å². The summed E-state index contributed by atoms with van der Waals surface area (Å²) >= 11 is 3.29. The summed E-state index contributed by atoms with van der Waals surface area (Å²) in [5, 5.41) is 10.9. The summed E-state index contributed by atoms with van der Waals surface area (Å²) < 4.78 is 5.29. The lowest BCUT2D eigenvalue weighted by atomic mass is 10.2. The van der Waals surface area contributed by atoms with Crippen LogP contribution in [0.4, 0.5) is 10.5 Å². The average molecular weight is 338 g/mol. The maximum atomic E-state index is 11.6. The van der Waals surface area contributed by atoms with Gasteiger partial charge in [-0.2, -0.15) is 5.26 Å². The minimum atomic E-state index is -1.17. The summed E-state index contributed by atoms with van der Waals surface area (Å²) in [6, 6.07) is 8.85. The molecule has 2 amide bonds. The molecule has 1 rings (SSSR count). The summed E-state index contributed by atoms with van der Waals surface area (Å²) in [7, 11) is 0. The number of rotatable bonds is 4. The maximum Gasteiger partial charge on any atom is 0.413 e. The Kier molecular flexibility index (Phi) is 6.40. The quantitative estimate of drug-likeness (QED) is 0.854. The summed E-state index contributed by atoms with van der Waals surface area (Å²) in [5.74, 6) is -1.95. The molecule has 1 atom stereocenters. The van der Waals surface area contributed by atoms with Crippen LogP contribution in [0.5, 0.6) is 0 Å². The summed E-state index contributed by atoms with van der Waals surface area (Å²) in [6.07, 6.45) is 0.293. The van der Waals surface area contributed by atoms with Gasteiger partial charge in [0.05, 0.1) is 18.4 Å². The van der Waals surface area contributed by atoms with Crippen LogP contribution in [0.15, 0.2) is 33.7 Å². The van der Waals surface area contributed by atoms with Gasteiger partial charge in [0.2, 0.25) is 0 Å². The van der Waals surface area contributed by atoms with Gasteiger partial charge < -0.3 is 4.74 Å². The Morgan fingerprint density at radius 3 is 2.85 bits per heavy atom. The van der Waals surface area contributed by atoms with Crippen LogP contribution in [-0.2, 0) is 9.53 Å². The lowest BCUT2D eigenvalue weighted by Gasteiger charge is -2.05. The molecule has 1 N–H and O–H groups in total. The Balaban J connectivity index is 2.73. The predicted octanol–water partition coefficient (Wildman–Crippen LogP) is 2.56. The molecule has 0 bridgehead atoms. The Morgan fingerprint density at radius 1 is 1.55 bits per heavy atom. The lowest BCUT2D eigenvalue weighted by molar-refractivity contribution is -0.121. The highest BCUT2D eigenvalue weighted by molar-refractivity contribution is 9.10. The average Bonchev–Trinajstić information content (AvgIpc) is 2.41. The molecule has 20 heavy (non-hydrogen) atoms. The number of nitriles is 1. The summed E-state index contributed by atoms with van der Waals surface area (Å²) in [5.41, 5.74) is 0.580. The third-order valence-corrected chi connectivity index (χ3v) is 2.81. The van der Waals surface area contributed by atoms with Crippen LogP contribution < -0.4 is 5.32 Å². The molecule has 0 radical (unpaired) electrons. The van der Waals surface area contributed by atoms with Crippen molar-refractivity contribution < 1.29 is 14.3 Å². The van der Waals surface area contributed by atoms with Crippen molar-refractivity contribution in [3.05, 3.63) is 28.7 Å². The normalized spacial score (nSPS) is 11.7. The maximum absolute atomic E-state index is 11.6. The second kappa shape index (κ2) is 8.07. The largest absolute Gasteiger partial charge is 0.450 e. The van der Waals surface area contributed by atoms with Gasteiger partial charge in [0.25, 0.3) is 5.91 Å². The molecule has 0 heterocycles. The van der Waals surface area contributed by atoms with Crippen LogP contribution in [0.2, 0.25) is 0 Å². The van der Waals surface area contributed by atoms with Gasteiger partial charge in [-0.3, -0.25) is 15.1 Å². The van der Waals surface area contributed by atoms with E-state index in [1.807, 2.05) is 11.4 Å². The number of halogens is 1. The van der Waals surface area contributed by atoms with E-state index in [9.17, 15) is 9.59 Å². The fraction of sp³-hybridized carbons (Fsp3) is 0.231. The standard InChI is InChI=1S/C13H12BrN3O3/c1-2-20-13(19)17-12(18)9(7-15)8-16-11-6-4-3-5-10(11)14/h3-6,8-9H,2H2,1H3,(H,17,18,19).